The third-order valence-corrected chi connectivity index (χ3v) is 6.59. The molecule has 0 aromatic heterocycles. The van der Waals surface area contributed by atoms with Gasteiger partial charge in [-0.25, -0.2) is 4.79 Å². The summed E-state index contributed by atoms with van der Waals surface area (Å²) in [5, 5.41) is 15.4. The molecule has 0 amide bonds. The SMILES string of the molecule is CC(NCC1CC(c2ccc(C(=O)O)cc2)c2ccccc2O1)c1cccc2ccccc12. The number of ether oxygens (including phenoxy) is 1. The van der Waals surface area contributed by atoms with Gasteiger partial charge in [-0.05, 0) is 53.4 Å². The van der Waals surface area contributed by atoms with E-state index in [-0.39, 0.29) is 18.1 Å². The van der Waals surface area contributed by atoms with Gasteiger partial charge in [0.05, 0.1) is 5.56 Å². The normalized spacial score (nSPS) is 18.3. The lowest BCUT2D eigenvalue weighted by atomic mass is 9.84. The van der Waals surface area contributed by atoms with Gasteiger partial charge >= 0.3 is 5.97 Å². The Hall–Kier alpha value is -3.63. The summed E-state index contributed by atoms with van der Waals surface area (Å²) < 4.78 is 6.36. The second kappa shape index (κ2) is 9.08. The van der Waals surface area contributed by atoms with Gasteiger partial charge in [-0.3, -0.25) is 0 Å². The van der Waals surface area contributed by atoms with E-state index in [2.05, 4.69) is 60.8 Å². The van der Waals surface area contributed by atoms with E-state index in [1.807, 2.05) is 30.3 Å². The Bertz CT molecular complexity index is 1280. The van der Waals surface area contributed by atoms with E-state index in [1.165, 1.54) is 16.3 Å². The highest BCUT2D eigenvalue weighted by Gasteiger charge is 2.29. The molecule has 0 saturated heterocycles. The molecule has 5 rings (SSSR count). The Morgan fingerprint density at radius 3 is 2.52 bits per heavy atom. The molecule has 4 aromatic carbocycles. The number of aromatic carboxylic acids is 1. The molecule has 0 radical (unpaired) electrons. The lowest BCUT2D eigenvalue weighted by molar-refractivity contribution is 0.0697. The maximum atomic E-state index is 11.3. The highest BCUT2D eigenvalue weighted by Crippen LogP contribution is 2.40. The van der Waals surface area contributed by atoms with Crippen molar-refractivity contribution in [3.63, 3.8) is 0 Å². The van der Waals surface area contributed by atoms with Crippen molar-refractivity contribution in [1.29, 1.82) is 0 Å². The maximum absolute atomic E-state index is 11.3. The lowest BCUT2D eigenvalue weighted by Crippen LogP contribution is -2.37. The van der Waals surface area contributed by atoms with E-state index in [9.17, 15) is 9.90 Å². The number of hydrogen-bond donors (Lipinski definition) is 2. The molecular formula is C29H27NO3. The van der Waals surface area contributed by atoms with Gasteiger partial charge in [-0.15, -0.1) is 0 Å². The first-order valence-electron chi connectivity index (χ1n) is 11.4. The van der Waals surface area contributed by atoms with Crippen molar-refractivity contribution in [2.45, 2.75) is 31.4 Å². The monoisotopic (exact) mass is 437 g/mol. The van der Waals surface area contributed by atoms with E-state index in [0.29, 0.717) is 5.56 Å². The summed E-state index contributed by atoms with van der Waals surface area (Å²) >= 11 is 0. The van der Waals surface area contributed by atoms with Crippen molar-refractivity contribution in [3.8, 4) is 5.75 Å². The van der Waals surface area contributed by atoms with Crippen LogP contribution < -0.4 is 10.1 Å². The molecule has 166 valence electrons. The van der Waals surface area contributed by atoms with Crippen LogP contribution in [0.2, 0.25) is 0 Å². The van der Waals surface area contributed by atoms with E-state index in [0.717, 1.165) is 29.8 Å². The number of benzene rings is 4. The molecule has 33 heavy (non-hydrogen) atoms. The van der Waals surface area contributed by atoms with Crippen LogP contribution in [0.3, 0.4) is 0 Å². The number of fused-ring (bicyclic) bond motifs is 2. The van der Waals surface area contributed by atoms with E-state index in [1.54, 1.807) is 12.1 Å². The van der Waals surface area contributed by atoms with Gasteiger partial charge in [0.1, 0.15) is 11.9 Å². The molecule has 0 fully saturated rings. The van der Waals surface area contributed by atoms with Crippen molar-refractivity contribution in [3.05, 3.63) is 113 Å². The molecule has 0 aliphatic carbocycles. The van der Waals surface area contributed by atoms with E-state index < -0.39 is 5.97 Å². The first-order valence-corrected chi connectivity index (χ1v) is 11.4. The number of nitrogens with one attached hydrogen (secondary N) is 1. The number of carboxylic acid groups (broad SMARTS) is 1. The van der Waals surface area contributed by atoms with Crippen LogP contribution in [-0.2, 0) is 0 Å². The van der Waals surface area contributed by atoms with Gasteiger partial charge in [-0.2, -0.15) is 0 Å². The first kappa shape index (κ1) is 21.2. The third-order valence-electron chi connectivity index (χ3n) is 6.59. The Morgan fingerprint density at radius 1 is 0.970 bits per heavy atom. The molecule has 1 aliphatic rings. The molecule has 4 heteroatoms. The first-order chi connectivity index (χ1) is 16.1. The fourth-order valence-corrected chi connectivity index (χ4v) is 4.84. The predicted octanol–water partition coefficient (Wildman–Crippen LogP) is 6.17. The van der Waals surface area contributed by atoms with Gasteiger partial charge in [0, 0.05) is 24.1 Å². The number of rotatable bonds is 6. The zero-order chi connectivity index (χ0) is 22.8. The molecular weight excluding hydrogens is 410 g/mol. The van der Waals surface area contributed by atoms with Crippen LogP contribution in [0.1, 0.15) is 52.4 Å². The van der Waals surface area contributed by atoms with E-state index >= 15 is 0 Å². The van der Waals surface area contributed by atoms with Gasteiger partial charge in [-0.1, -0.05) is 72.8 Å². The average Bonchev–Trinajstić information content (AvgIpc) is 2.86. The largest absolute Gasteiger partial charge is 0.489 e. The quantitative estimate of drug-likeness (QED) is 0.379. The smallest absolute Gasteiger partial charge is 0.335 e. The molecule has 0 bridgehead atoms. The highest BCUT2D eigenvalue weighted by molar-refractivity contribution is 5.87. The van der Waals surface area contributed by atoms with Crippen molar-refractivity contribution < 1.29 is 14.6 Å². The molecule has 2 N–H and O–H groups in total. The van der Waals surface area contributed by atoms with E-state index in [4.69, 9.17) is 4.74 Å². The molecule has 4 nitrogen and oxygen atoms in total. The van der Waals surface area contributed by atoms with Gasteiger partial charge < -0.3 is 15.2 Å². The molecule has 0 saturated carbocycles. The zero-order valence-electron chi connectivity index (χ0n) is 18.6. The Balaban J connectivity index is 1.35. The summed E-state index contributed by atoms with van der Waals surface area (Å²) in [5.74, 6) is 0.163. The lowest BCUT2D eigenvalue weighted by Gasteiger charge is -2.33. The number of hydrogen-bond acceptors (Lipinski definition) is 3. The third kappa shape index (κ3) is 4.35. The Kier molecular flexibility index (Phi) is 5.84. The molecule has 1 heterocycles. The Labute approximate surface area is 193 Å². The van der Waals surface area contributed by atoms with Gasteiger partial charge in [0.2, 0.25) is 0 Å². The minimum atomic E-state index is -0.904. The molecule has 3 atom stereocenters. The average molecular weight is 438 g/mol. The summed E-state index contributed by atoms with van der Waals surface area (Å²) in [7, 11) is 0. The topological polar surface area (TPSA) is 58.6 Å². The summed E-state index contributed by atoms with van der Waals surface area (Å²) in [6.45, 7) is 2.92. The molecule has 4 aromatic rings. The summed E-state index contributed by atoms with van der Waals surface area (Å²) in [6.07, 6.45) is 0.847. The summed E-state index contributed by atoms with van der Waals surface area (Å²) in [5.41, 5.74) is 3.85. The van der Waals surface area contributed by atoms with Crippen LogP contribution in [0.25, 0.3) is 10.8 Å². The number of carbonyl (C=O) groups is 1. The fourth-order valence-electron chi connectivity index (χ4n) is 4.84. The standard InChI is InChI=1S/C29H27NO3/c1-19(24-11-6-8-20-7-2-3-9-25(20)24)30-18-23-17-27(26-10-4-5-12-28(26)33-23)21-13-15-22(16-14-21)29(31)32/h2-16,19,23,27,30H,17-18H2,1H3,(H,31,32). The molecule has 3 unspecified atom stereocenters. The number of para-hydroxylation sites is 1. The van der Waals surface area contributed by atoms with Crippen molar-refractivity contribution in [2.75, 3.05) is 6.54 Å². The number of carboxylic acids is 1. The van der Waals surface area contributed by atoms with Crippen LogP contribution in [0.5, 0.6) is 5.75 Å². The molecule has 0 spiro atoms. The second-order valence-electron chi connectivity index (χ2n) is 8.69. The Morgan fingerprint density at radius 2 is 1.70 bits per heavy atom. The van der Waals surface area contributed by atoms with Crippen molar-refractivity contribution >= 4 is 16.7 Å². The van der Waals surface area contributed by atoms with Crippen LogP contribution in [0.4, 0.5) is 0 Å². The second-order valence-corrected chi connectivity index (χ2v) is 8.69. The van der Waals surface area contributed by atoms with Crippen LogP contribution in [-0.4, -0.2) is 23.7 Å². The van der Waals surface area contributed by atoms with Crippen molar-refractivity contribution in [2.24, 2.45) is 0 Å². The molecule has 1 aliphatic heterocycles. The van der Waals surface area contributed by atoms with Crippen LogP contribution >= 0.6 is 0 Å². The minimum absolute atomic E-state index is 0.0153. The zero-order valence-corrected chi connectivity index (χ0v) is 18.6. The van der Waals surface area contributed by atoms with Crippen LogP contribution in [0.15, 0.2) is 91.0 Å². The van der Waals surface area contributed by atoms with Crippen molar-refractivity contribution in [1.82, 2.24) is 5.32 Å². The fraction of sp³-hybridized carbons (Fsp3) is 0.207. The maximum Gasteiger partial charge on any atom is 0.335 e. The minimum Gasteiger partial charge on any atom is -0.489 e. The summed E-state index contributed by atoms with van der Waals surface area (Å²) in [6, 6.07) is 30.5. The predicted molar refractivity (Wildman–Crippen MR) is 131 cm³/mol. The van der Waals surface area contributed by atoms with Gasteiger partial charge in [0.15, 0.2) is 0 Å². The van der Waals surface area contributed by atoms with Gasteiger partial charge in [0.25, 0.3) is 0 Å². The van der Waals surface area contributed by atoms with Crippen LogP contribution in [0, 0.1) is 0 Å². The summed E-state index contributed by atoms with van der Waals surface area (Å²) in [4.78, 5) is 11.3. The highest BCUT2D eigenvalue weighted by atomic mass is 16.5.